The van der Waals surface area contributed by atoms with Gasteiger partial charge in [-0.2, -0.15) is 13.2 Å². The fourth-order valence-corrected chi connectivity index (χ4v) is 5.36. The van der Waals surface area contributed by atoms with Crippen molar-refractivity contribution in [2.24, 2.45) is 0 Å². The van der Waals surface area contributed by atoms with Crippen molar-refractivity contribution in [3.05, 3.63) is 17.3 Å². The third kappa shape index (κ3) is 5.53. The number of piperazine rings is 1. The molecule has 8 nitrogen and oxygen atoms in total. The second kappa shape index (κ2) is 9.20. The average Bonchev–Trinajstić information content (AvgIpc) is 3.37. The molecule has 34 heavy (non-hydrogen) atoms. The summed E-state index contributed by atoms with van der Waals surface area (Å²) >= 11 is 1.02. The number of hydrogen-bond donors (Lipinski definition) is 0. The van der Waals surface area contributed by atoms with Gasteiger partial charge in [0.1, 0.15) is 28.6 Å². The van der Waals surface area contributed by atoms with Crippen molar-refractivity contribution in [3.8, 4) is 0 Å². The first-order valence-electron chi connectivity index (χ1n) is 11.2. The Morgan fingerprint density at radius 2 is 1.82 bits per heavy atom. The second-order valence-electron chi connectivity index (χ2n) is 9.56. The highest BCUT2D eigenvalue weighted by molar-refractivity contribution is 7.18. The fraction of sp³-hybridized carbons (Fsp3) is 0.636. The predicted octanol–water partition coefficient (Wildman–Crippen LogP) is 3.84. The molecule has 12 heteroatoms. The number of thiophene rings is 1. The van der Waals surface area contributed by atoms with E-state index in [-0.39, 0.29) is 10.8 Å². The Morgan fingerprint density at radius 3 is 2.47 bits per heavy atom. The molecule has 2 aromatic heterocycles. The molecule has 4 heterocycles. The van der Waals surface area contributed by atoms with E-state index in [1.54, 1.807) is 25.7 Å². The molecule has 2 aliphatic heterocycles. The number of likely N-dealkylation sites (tertiary alicyclic amines) is 1. The van der Waals surface area contributed by atoms with Crippen LogP contribution in [0.2, 0.25) is 0 Å². The van der Waals surface area contributed by atoms with Gasteiger partial charge in [0.25, 0.3) is 0 Å². The third-order valence-corrected chi connectivity index (χ3v) is 6.83. The summed E-state index contributed by atoms with van der Waals surface area (Å²) in [5.74, 6) is 0.483. The number of rotatable bonds is 3. The zero-order chi connectivity index (χ0) is 24.7. The van der Waals surface area contributed by atoms with E-state index in [1.807, 2.05) is 4.90 Å². The smallest absolute Gasteiger partial charge is 0.410 e. The Labute approximate surface area is 199 Å². The van der Waals surface area contributed by atoms with Crippen molar-refractivity contribution in [3.63, 3.8) is 0 Å². The molecule has 186 valence electrons. The third-order valence-electron chi connectivity index (χ3n) is 5.79. The maximum atomic E-state index is 13.2. The van der Waals surface area contributed by atoms with Crippen LogP contribution < -0.4 is 4.90 Å². The minimum absolute atomic E-state index is 0.0983. The molecular formula is C22H28F3N5O3S. The minimum Gasteiger partial charge on any atom is -0.444 e. The molecule has 2 aliphatic rings. The summed E-state index contributed by atoms with van der Waals surface area (Å²) in [6, 6.07) is 0.978. The fourth-order valence-electron chi connectivity index (χ4n) is 4.34. The molecule has 0 N–H and O–H groups in total. The Bertz CT molecular complexity index is 1060. The van der Waals surface area contributed by atoms with E-state index in [1.165, 1.54) is 17.3 Å². The van der Waals surface area contributed by atoms with Crippen molar-refractivity contribution in [1.29, 1.82) is 0 Å². The Morgan fingerprint density at radius 1 is 1.12 bits per heavy atom. The number of fused-ring (bicyclic) bond motifs is 1. The van der Waals surface area contributed by atoms with E-state index in [0.717, 1.165) is 17.8 Å². The van der Waals surface area contributed by atoms with Crippen LogP contribution in [-0.2, 0) is 16.0 Å². The number of nitrogens with zero attached hydrogens (tertiary/aromatic N) is 5. The Hall–Kier alpha value is -2.63. The molecule has 2 aromatic rings. The summed E-state index contributed by atoms with van der Waals surface area (Å²) in [5, 5.41) is 0.596. The van der Waals surface area contributed by atoms with E-state index >= 15 is 0 Å². The lowest BCUT2D eigenvalue weighted by Gasteiger charge is -2.38. The molecule has 2 saturated heterocycles. The van der Waals surface area contributed by atoms with Gasteiger partial charge in [-0.1, -0.05) is 0 Å². The van der Waals surface area contributed by atoms with Crippen LogP contribution in [0.1, 0.15) is 38.5 Å². The van der Waals surface area contributed by atoms with Crippen molar-refractivity contribution < 1.29 is 27.5 Å². The van der Waals surface area contributed by atoms with E-state index in [4.69, 9.17) is 4.74 Å². The van der Waals surface area contributed by atoms with Crippen LogP contribution in [0.5, 0.6) is 0 Å². The SMILES string of the molecule is CC(C)(C)OC(=O)N1CCC[C@H]1C(=O)N1CCN(c2ncnc3sc(CC(F)(F)F)cc23)CC1. The summed E-state index contributed by atoms with van der Waals surface area (Å²) in [7, 11) is 0. The summed E-state index contributed by atoms with van der Waals surface area (Å²) in [6.45, 7) is 7.71. The van der Waals surface area contributed by atoms with Gasteiger partial charge in [-0.25, -0.2) is 14.8 Å². The quantitative estimate of drug-likeness (QED) is 0.639. The summed E-state index contributed by atoms with van der Waals surface area (Å²) < 4.78 is 43.9. The minimum atomic E-state index is -4.28. The number of carbonyl (C=O) groups is 2. The first-order valence-corrected chi connectivity index (χ1v) is 12.1. The molecule has 0 aromatic carbocycles. The van der Waals surface area contributed by atoms with Gasteiger partial charge in [0.2, 0.25) is 5.91 Å². The van der Waals surface area contributed by atoms with Crippen molar-refractivity contribution in [1.82, 2.24) is 19.8 Å². The van der Waals surface area contributed by atoms with Crippen LogP contribution in [0.4, 0.5) is 23.8 Å². The van der Waals surface area contributed by atoms with Gasteiger partial charge in [-0.05, 0) is 39.7 Å². The molecule has 0 spiro atoms. The summed E-state index contributed by atoms with van der Waals surface area (Å²) in [6.07, 6.45) is -3.05. The van der Waals surface area contributed by atoms with E-state index in [2.05, 4.69) is 9.97 Å². The maximum absolute atomic E-state index is 13.2. The second-order valence-corrected chi connectivity index (χ2v) is 10.7. The lowest BCUT2D eigenvalue weighted by atomic mass is 10.1. The van der Waals surface area contributed by atoms with Crippen LogP contribution >= 0.6 is 11.3 Å². The van der Waals surface area contributed by atoms with Gasteiger partial charge in [-0.15, -0.1) is 11.3 Å². The number of alkyl halides is 3. The van der Waals surface area contributed by atoms with Crippen LogP contribution in [-0.4, -0.2) is 82.3 Å². The molecule has 4 rings (SSSR count). The van der Waals surface area contributed by atoms with Gasteiger partial charge in [0, 0.05) is 37.6 Å². The number of amides is 2. The van der Waals surface area contributed by atoms with Crippen LogP contribution in [0.15, 0.2) is 12.4 Å². The Kier molecular flexibility index (Phi) is 6.63. The first-order chi connectivity index (χ1) is 15.9. The van der Waals surface area contributed by atoms with Gasteiger partial charge in [0.15, 0.2) is 0 Å². The van der Waals surface area contributed by atoms with Crippen molar-refractivity contribution in [2.45, 2.75) is 57.9 Å². The standard InChI is InChI=1S/C22H28F3N5O3S/c1-21(2,3)33-20(32)30-6-4-5-16(30)19(31)29-9-7-28(8-10-29)17-15-11-14(12-22(23,24)25)34-18(15)27-13-26-17/h11,13,16H,4-10,12H2,1-3H3/t16-/m0/s1. The van der Waals surface area contributed by atoms with E-state index in [9.17, 15) is 22.8 Å². The van der Waals surface area contributed by atoms with Crippen LogP contribution in [0.3, 0.4) is 0 Å². The van der Waals surface area contributed by atoms with Gasteiger partial charge in [0.05, 0.1) is 11.8 Å². The average molecular weight is 500 g/mol. The molecule has 0 radical (unpaired) electrons. The lowest BCUT2D eigenvalue weighted by molar-refractivity contribution is -0.136. The van der Waals surface area contributed by atoms with Crippen molar-refractivity contribution >= 4 is 39.4 Å². The molecule has 2 amide bonds. The molecule has 2 fully saturated rings. The maximum Gasteiger partial charge on any atom is 0.410 e. The highest BCUT2D eigenvalue weighted by atomic mass is 32.1. The predicted molar refractivity (Wildman–Crippen MR) is 122 cm³/mol. The molecular weight excluding hydrogens is 471 g/mol. The topological polar surface area (TPSA) is 78.9 Å². The highest BCUT2D eigenvalue weighted by Crippen LogP contribution is 2.34. The van der Waals surface area contributed by atoms with Crippen LogP contribution in [0, 0.1) is 0 Å². The van der Waals surface area contributed by atoms with Crippen molar-refractivity contribution in [2.75, 3.05) is 37.6 Å². The number of anilines is 1. The Balaban J connectivity index is 1.42. The van der Waals surface area contributed by atoms with E-state index < -0.39 is 30.3 Å². The monoisotopic (exact) mass is 499 g/mol. The summed E-state index contributed by atoms with van der Waals surface area (Å²) in [5.41, 5.74) is -0.636. The number of aromatic nitrogens is 2. The number of carbonyl (C=O) groups excluding carboxylic acids is 2. The molecule has 1 atom stereocenters. The zero-order valence-electron chi connectivity index (χ0n) is 19.4. The zero-order valence-corrected chi connectivity index (χ0v) is 20.2. The lowest BCUT2D eigenvalue weighted by Crippen LogP contribution is -2.55. The molecule has 0 bridgehead atoms. The molecule has 0 aliphatic carbocycles. The number of hydrogen-bond acceptors (Lipinski definition) is 7. The molecule has 0 unspecified atom stereocenters. The molecule has 0 saturated carbocycles. The number of halogens is 3. The van der Waals surface area contributed by atoms with E-state index in [0.29, 0.717) is 55.2 Å². The normalized spacial score (nSPS) is 19.7. The largest absolute Gasteiger partial charge is 0.444 e. The van der Waals surface area contributed by atoms with Gasteiger partial charge >= 0.3 is 12.3 Å². The first kappa shape index (κ1) is 24.5. The van der Waals surface area contributed by atoms with Crippen LogP contribution in [0.25, 0.3) is 10.2 Å². The highest BCUT2D eigenvalue weighted by Gasteiger charge is 2.39. The number of ether oxygens (including phenoxy) is 1. The van der Waals surface area contributed by atoms with Gasteiger partial charge in [-0.3, -0.25) is 9.69 Å². The van der Waals surface area contributed by atoms with Gasteiger partial charge < -0.3 is 14.5 Å². The summed E-state index contributed by atoms with van der Waals surface area (Å²) in [4.78, 5) is 40.1.